The molecule has 0 heterocycles. The van der Waals surface area contributed by atoms with Gasteiger partial charge >= 0.3 is 0 Å². The summed E-state index contributed by atoms with van der Waals surface area (Å²) in [5.74, 6) is 0.193. The zero-order valence-electron chi connectivity index (χ0n) is 7.70. The van der Waals surface area contributed by atoms with Crippen LogP contribution in [-0.2, 0) is 5.41 Å². The lowest BCUT2D eigenvalue weighted by Crippen LogP contribution is -2.32. The number of hydrogen-bond acceptors (Lipinski definition) is 3. The highest BCUT2D eigenvalue weighted by Crippen LogP contribution is 2.46. The fourth-order valence-corrected chi connectivity index (χ4v) is 2.09. The second-order valence-electron chi connectivity index (χ2n) is 3.75. The summed E-state index contributed by atoms with van der Waals surface area (Å²) >= 11 is 4.13. The van der Waals surface area contributed by atoms with E-state index in [9.17, 15) is 5.11 Å². The smallest absolute Gasteiger partial charge is 0.121 e. The van der Waals surface area contributed by atoms with Crippen LogP contribution >= 0.6 is 12.6 Å². The molecule has 0 unspecified atom stereocenters. The van der Waals surface area contributed by atoms with E-state index in [-0.39, 0.29) is 5.75 Å². The first-order chi connectivity index (χ1) is 6.68. The Morgan fingerprint density at radius 1 is 1.43 bits per heavy atom. The summed E-state index contributed by atoms with van der Waals surface area (Å²) in [7, 11) is 0. The van der Waals surface area contributed by atoms with Crippen molar-refractivity contribution in [3.8, 4) is 11.8 Å². The van der Waals surface area contributed by atoms with Gasteiger partial charge in [-0.25, -0.2) is 0 Å². The van der Waals surface area contributed by atoms with E-state index in [0.29, 0.717) is 0 Å². The van der Waals surface area contributed by atoms with Crippen LogP contribution in [0.2, 0.25) is 0 Å². The fourth-order valence-electron chi connectivity index (χ4n) is 1.90. The minimum atomic E-state index is -0.439. The number of phenols is 1. The van der Waals surface area contributed by atoms with Gasteiger partial charge in [0.25, 0.3) is 0 Å². The Morgan fingerprint density at radius 3 is 2.57 bits per heavy atom. The molecule has 2 nitrogen and oxygen atoms in total. The average Bonchev–Trinajstić information content (AvgIpc) is 2.07. The van der Waals surface area contributed by atoms with Crippen molar-refractivity contribution in [3.63, 3.8) is 0 Å². The van der Waals surface area contributed by atoms with Gasteiger partial charge in [-0.2, -0.15) is 5.26 Å². The van der Waals surface area contributed by atoms with Gasteiger partial charge in [-0.1, -0.05) is 6.07 Å². The quantitative estimate of drug-likeness (QED) is 0.692. The summed E-state index contributed by atoms with van der Waals surface area (Å²) in [5, 5.41) is 18.8. The van der Waals surface area contributed by atoms with Crippen LogP contribution in [0.25, 0.3) is 0 Å². The van der Waals surface area contributed by atoms with Crippen LogP contribution in [0.15, 0.2) is 23.1 Å². The highest BCUT2D eigenvalue weighted by Gasteiger charge is 2.40. The first kappa shape index (κ1) is 9.42. The molecule has 3 heteroatoms. The van der Waals surface area contributed by atoms with Gasteiger partial charge in [0.15, 0.2) is 0 Å². The number of rotatable bonds is 1. The van der Waals surface area contributed by atoms with Crippen molar-refractivity contribution in [2.45, 2.75) is 29.6 Å². The monoisotopic (exact) mass is 205 g/mol. The highest BCUT2D eigenvalue weighted by atomic mass is 32.1. The van der Waals surface area contributed by atoms with Crippen LogP contribution in [0.4, 0.5) is 0 Å². The molecule has 0 atom stereocenters. The SMILES string of the molecule is N#CC1(c2ccc(S)cc2O)CCC1. The summed E-state index contributed by atoms with van der Waals surface area (Å²) in [6, 6.07) is 7.52. The van der Waals surface area contributed by atoms with Gasteiger partial charge in [-0.15, -0.1) is 12.6 Å². The Morgan fingerprint density at radius 2 is 2.14 bits per heavy atom. The number of hydrogen-bond donors (Lipinski definition) is 2. The first-order valence-corrected chi connectivity index (χ1v) is 5.06. The normalized spacial score (nSPS) is 18.3. The van der Waals surface area contributed by atoms with E-state index in [2.05, 4.69) is 18.7 Å². The molecule has 1 aromatic carbocycles. The largest absolute Gasteiger partial charge is 0.508 e. The minimum Gasteiger partial charge on any atom is -0.508 e. The molecule has 0 radical (unpaired) electrons. The molecule has 14 heavy (non-hydrogen) atoms. The standard InChI is InChI=1S/C11H11NOS/c12-7-11(4-1-5-11)9-3-2-8(14)6-10(9)13/h2-3,6,13-14H,1,4-5H2. The van der Waals surface area contributed by atoms with Crippen molar-refractivity contribution in [2.75, 3.05) is 0 Å². The van der Waals surface area contributed by atoms with Gasteiger partial charge in [-0.05, 0) is 31.4 Å². The molecule has 1 saturated carbocycles. The van der Waals surface area contributed by atoms with Crippen LogP contribution in [0.5, 0.6) is 5.75 Å². The number of thiol groups is 1. The molecule has 0 aromatic heterocycles. The van der Waals surface area contributed by atoms with Crippen LogP contribution in [0.3, 0.4) is 0 Å². The summed E-state index contributed by atoms with van der Waals surface area (Å²) in [5.41, 5.74) is 0.315. The van der Waals surface area contributed by atoms with E-state index in [1.54, 1.807) is 12.1 Å². The number of nitrogens with zero attached hydrogens (tertiary/aromatic N) is 1. The van der Waals surface area contributed by atoms with Crippen molar-refractivity contribution in [3.05, 3.63) is 23.8 Å². The molecule has 0 amide bonds. The van der Waals surface area contributed by atoms with Gasteiger partial charge in [0.2, 0.25) is 0 Å². The van der Waals surface area contributed by atoms with E-state index >= 15 is 0 Å². The Hall–Kier alpha value is -1.14. The molecule has 0 saturated heterocycles. The van der Waals surface area contributed by atoms with Crippen LogP contribution < -0.4 is 0 Å². The third-order valence-electron chi connectivity index (χ3n) is 2.92. The van der Waals surface area contributed by atoms with Crippen LogP contribution in [0, 0.1) is 11.3 Å². The second-order valence-corrected chi connectivity index (χ2v) is 4.27. The average molecular weight is 205 g/mol. The third-order valence-corrected chi connectivity index (χ3v) is 3.20. The van der Waals surface area contributed by atoms with Gasteiger partial charge in [0, 0.05) is 10.5 Å². The van der Waals surface area contributed by atoms with E-state index in [4.69, 9.17) is 5.26 Å². The van der Waals surface area contributed by atoms with Crippen LogP contribution in [0.1, 0.15) is 24.8 Å². The third kappa shape index (κ3) is 1.27. The zero-order valence-corrected chi connectivity index (χ0v) is 8.59. The summed E-state index contributed by atoms with van der Waals surface area (Å²) in [6.45, 7) is 0. The highest BCUT2D eigenvalue weighted by molar-refractivity contribution is 7.80. The van der Waals surface area contributed by atoms with Gasteiger partial charge in [0.05, 0.1) is 11.5 Å². The minimum absolute atomic E-state index is 0.193. The van der Waals surface area contributed by atoms with E-state index in [0.717, 1.165) is 29.7 Å². The lowest BCUT2D eigenvalue weighted by molar-refractivity contribution is 0.311. The number of phenolic OH excluding ortho intramolecular Hbond substituents is 1. The van der Waals surface area contributed by atoms with E-state index in [1.165, 1.54) is 0 Å². The van der Waals surface area contributed by atoms with Crippen molar-refractivity contribution in [1.82, 2.24) is 0 Å². The van der Waals surface area contributed by atoms with Crippen LogP contribution in [-0.4, -0.2) is 5.11 Å². The van der Waals surface area contributed by atoms with Gasteiger partial charge < -0.3 is 5.11 Å². The molecular formula is C11H11NOS. The number of benzene rings is 1. The molecule has 2 rings (SSSR count). The Kier molecular flexibility index (Phi) is 2.16. The maximum absolute atomic E-state index is 9.72. The first-order valence-electron chi connectivity index (χ1n) is 4.62. The molecule has 1 N–H and O–H groups in total. The summed E-state index contributed by atoms with van der Waals surface area (Å²) in [4.78, 5) is 0.721. The van der Waals surface area contributed by atoms with Crippen molar-refractivity contribution in [2.24, 2.45) is 0 Å². The summed E-state index contributed by atoms with van der Waals surface area (Å²) in [6.07, 6.45) is 2.77. The topological polar surface area (TPSA) is 44.0 Å². The lowest BCUT2D eigenvalue weighted by atomic mass is 9.65. The molecule has 0 aliphatic heterocycles. The maximum Gasteiger partial charge on any atom is 0.121 e. The fraction of sp³-hybridized carbons (Fsp3) is 0.364. The predicted molar refractivity (Wildman–Crippen MR) is 56.5 cm³/mol. The zero-order chi connectivity index (χ0) is 10.2. The molecule has 0 spiro atoms. The van der Waals surface area contributed by atoms with E-state index < -0.39 is 5.41 Å². The molecule has 0 bridgehead atoms. The predicted octanol–water partition coefficient (Wildman–Crippen LogP) is 2.63. The summed E-state index contributed by atoms with van der Waals surface area (Å²) < 4.78 is 0. The molecule has 1 aromatic rings. The molecule has 72 valence electrons. The van der Waals surface area contributed by atoms with Crippen molar-refractivity contribution in [1.29, 1.82) is 5.26 Å². The Labute approximate surface area is 88.6 Å². The Bertz CT molecular complexity index is 404. The van der Waals surface area contributed by atoms with Gasteiger partial charge in [0.1, 0.15) is 5.75 Å². The molecule has 1 aliphatic rings. The maximum atomic E-state index is 9.72. The second kappa shape index (κ2) is 3.21. The number of aromatic hydroxyl groups is 1. The van der Waals surface area contributed by atoms with Crippen molar-refractivity contribution < 1.29 is 5.11 Å². The lowest BCUT2D eigenvalue weighted by Gasteiger charge is -2.35. The van der Waals surface area contributed by atoms with Gasteiger partial charge in [-0.3, -0.25) is 0 Å². The molecular weight excluding hydrogens is 194 g/mol. The number of nitriles is 1. The van der Waals surface area contributed by atoms with E-state index in [1.807, 2.05) is 6.07 Å². The molecule has 1 aliphatic carbocycles. The van der Waals surface area contributed by atoms with Crippen molar-refractivity contribution >= 4 is 12.6 Å². The Balaban J connectivity index is 2.46. The molecule has 1 fully saturated rings.